The first kappa shape index (κ1) is 16.4. The molecule has 5 heteroatoms. The van der Waals surface area contributed by atoms with Gasteiger partial charge in [0, 0.05) is 18.8 Å². The molecule has 1 aromatic carbocycles. The number of carbonyl (C=O) groups is 1. The van der Waals surface area contributed by atoms with Crippen molar-refractivity contribution in [3.05, 3.63) is 29.8 Å². The topological polar surface area (TPSA) is 53.3 Å². The first-order valence-electron chi connectivity index (χ1n) is 6.49. The molecule has 1 atom stereocenters. The predicted molar refractivity (Wildman–Crippen MR) is 81.9 cm³/mol. The van der Waals surface area contributed by atoms with E-state index in [-0.39, 0.29) is 18.6 Å². The van der Waals surface area contributed by atoms with Crippen molar-refractivity contribution in [1.29, 1.82) is 5.26 Å². The molecule has 20 heavy (non-hydrogen) atoms. The van der Waals surface area contributed by atoms with Crippen molar-refractivity contribution in [1.82, 2.24) is 4.90 Å². The monoisotopic (exact) mass is 292 g/mol. The van der Waals surface area contributed by atoms with Gasteiger partial charge in [-0.2, -0.15) is 17.0 Å². The van der Waals surface area contributed by atoms with Crippen molar-refractivity contribution in [2.75, 3.05) is 25.7 Å². The van der Waals surface area contributed by atoms with E-state index in [0.717, 1.165) is 12.2 Å². The van der Waals surface area contributed by atoms with Gasteiger partial charge in [-0.1, -0.05) is 6.92 Å². The van der Waals surface area contributed by atoms with Gasteiger partial charge in [-0.3, -0.25) is 4.79 Å². The maximum Gasteiger partial charge on any atom is 0.260 e. The predicted octanol–water partition coefficient (Wildman–Crippen LogP) is 2.54. The molecule has 0 saturated carbocycles. The van der Waals surface area contributed by atoms with E-state index in [1.165, 1.54) is 0 Å². The average molecular weight is 292 g/mol. The molecule has 0 heterocycles. The van der Waals surface area contributed by atoms with E-state index in [1.807, 2.05) is 19.4 Å². The summed E-state index contributed by atoms with van der Waals surface area (Å²) in [7, 11) is 1.81. The second-order valence-electron chi connectivity index (χ2n) is 4.45. The number of amides is 1. The minimum absolute atomic E-state index is 0.0211. The number of carbonyl (C=O) groups excluding carboxylic acids is 1. The molecular formula is C15H20N2O2S. The molecule has 1 rings (SSSR count). The number of likely N-dealkylation sites (N-methyl/N-ethyl adjacent to an activating group) is 1. The summed E-state index contributed by atoms with van der Waals surface area (Å²) in [4.78, 5) is 13.8. The van der Waals surface area contributed by atoms with E-state index >= 15 is 0 Å². The molecule has 0 aliphatic heterocycles. The Balaban J connectivity index is 2.51. The van der Waals surface area contributed by atoms with Crippen LogP contribution in [0.4, 0.5) is 0 Å². The summed E-state index contributed by atoms with van der Waals surface area (Å²) < 4.78 is 5.45. The number of hydrogen-bond acceptors (Lipinski definition) is 4. The number of nitrogens with zero attached hydrogens (tertiary/aromatic N) is 2. The third-order valence-corrected chi connectivity index (χ3v) is 3.84. The molecule has 0 aliphatic carbocycles. The van der Waals surface area contributed by atoms with Gasteiger partial charge in [-0.25, -0.2) is 0 Å². The van der Waals surface area contributed by atoms with Gasteiger partial charge in [-0.15, -0.1) is 0 Å². The Morgan fingerprint density at radius 2 is 2.10 bits per heavy atom. The lowest BCUT2D eigenvalue weighted by Gasteiger charge is -2.26. The molecule has 0 fully saturated rings. The van der Waals surface area contributed by atoms with Crippen molar-refractivity contribution in [3.8, 4) is 11.8 Å². The van der Waals surface area contributed by atoms with Crippen LogP contribution in [0.25, 0.3) is 0 Å². The number of nitriles is 1. The van der Waals surface area contributed by atoms with Gasteiger partial charge in [0.2, 0.25) is 0 Å². The van der Waals surface area contributed by atoms with E-state index in [9.17, 15) is 4.79 Å². The Morgan fingerprint density at radius 3 is 2.60 bits per heavy atom. The van der Waals surface area contributed by atoms with Gasteiger partial charge in [0.1, 0.15) is 5.75 Å². The Labute approximate surface area is 124 Å². The Kier molecular flexibility index (Phi) is 6.96. The van der Waals surface area contributed by atoms with Crippen LogP contribution >= 0.6 is 11.8 Å². The SMILES string of the molecule is CCC(CSC)N(C)C(=O)COc1ccc(C#N)cc1. The second kappa shape index (κ2) is 8.49. The highest BCUT2D eigenvalue weighted by Crippen LogP contribution is 2.13. The minimum atomic E-state index is -0.0322. The van der Waals surface area contributed by atoms with Crippen LogP contribution in [-0.2, 0) is 4.79 Å². The average Bonchev–Trinajstić information content (AvgIpc) is 2.50. The molecule has 108 valence electrons. The van der Waals surface area contributed by atoms with E-state index in [0.29, 0.717) is 11.3 Å². The quantitative estimate of drug-likeness (QED) is 0.775. The molecule has 4 nitrogen and oxygen atoms in total. The second-order valence-corrected chi connectivity index (χ2v) is 5.36. The molecule has 0 aliphatic rings. The Bertz CT molecular complexity index is 468. The summed E-state index contributed by atoms with van der Waals surface area (Å²) in [6.45, 7) is 2.10. The fourth-order valence-electron chi connectivity index (χ4n) is 1.77. The zero-order valence-corrected chi connectivity index (χ0v) is 12.9. The highest BCUT2D eigenvalue weighted by Gasteiger charge is 2.18. The summed E-state index contributed by atoms with van der Waals surface area (Å²) in [6.07, 6.45) is 2.97. The van der Waals surface area contributed by atoms with Crippen molar-refractivity contribution in [2.45, 2.75) is 19.4 Å². The zero-order valence-electron chi connectivity index (χ0n) is 12.1. The van der Waals surface area contributed by atoms with Gasteiger partial charge in [0.05, 0.1) is 11.6 Å². The van der Waals surface area contributed by atoms with Crippen molar-refractivity contribution >= 4 is 17.7 Å². The molecule has 1 unspecified atom stereocenters. The van der Waals surface area contributed by atoms with Gasteiger partial charge in [0.15, 0.2) is 6.61 Å². The fraction of sp³-hybridized carbons (Fsp3) is 0.467. The Morgan fingerprint density at radius 1 is 1.45 bits per heavy atom. The normalized spacial score (nSPS) is 11.5. The molecule has 1 amide bonds. The third-order valence-electron chi connectivity index (χ3n) is 3.12. The van der Waals surface area contributed by atoms with Crippen LogP contribution in [0.2, 0.25) is 0 Å². The molecule has 0 aromatic heterocycles. The van der Waals surface area contributed by atoms with Crippen molar-refractivity contribution in [2.24, 2.45) is 0 Å². The molecule has 0 bridgehead atoms. The number of rotatable bonds is 7. The van der Waals surface area contributed by atoms with Gasteiger partial charge >= 0.3 is 0 Å². The van der Waals surface area contributed by atoms with Crippen LogP contribution in [0.1, 0.15) is 18.9 Å². The van der Waals surface area contributed by atoms with Crippen LogP contribution in [0.5, 0.6) is 5.75 Å². The summed E-state index contributed by atoms with van der Waals surface area (Å²) >= 11 is 1.73. The highest BCUT2D eigenvalue weighted by molar-refractivity contribution is 7.98. The smallest absolute Gasteiger partial charge is 0.260 e. The maximum atomic E-state index is 12.1. The number of ether oxygens (including phenoxy) is 1. The van der Waals surface area contributed by atoms with Crippen LogP contribution in [0.15, 0.2) is 24.3 Å². The summed E-state index contributed by atoms with van der Waals surface area (Å²) in [5, 5.41) is 8.70. The van der Waals surface area contributed by atoms with Gasteiger partial charge in [0.25, 0.3) is 5.91 Å². The minimum Gasteiger partial charge on any atom is -0.484 e. The summed E-state index contributed by atoms with van der Waals surface area (Å²) in [5.74, 6) is 1.49. The van der Waals surface area contributed by atoms with Crippen molar-refractivity contribution in [3.63, 3.8) is 0 Å². The summed E-state index contributed by atoms with van der Waals surface area (Å²) in [5.41, 5.74) is 0.576. The van der Waals surface area contributed by atoms with Crippen LogP contribution in [0.3, 0.4) is 0 Å². The van der Waals surface area contributed by atoms with Gasteiger partial charge < -0.3 is 9.64 Å². The zero-order chi connectivity index (χ0) is 15.0. The first-order chi connectivity index (χ1) is 9.62. The van der Waals surface area contributed by atoms with E-state index in [1.54, 1.807) is 40.9 Å². The molecule has 0 radical (unpaired) electrons. The molecule has 0 N–H and O–H groups in total. The van der Waals surface area contributed by atoms with Crippen molar-refractivity contribution < 1.29 is 9.53 Å². The lowest BCUT2D eigenvalue weighted by molar-refractivity contribution is -0.133. The van der Waals surface area contributed by atoms with E-state index in [2.05, 4.69) is 6.92 Å². The fourth-order valence-corrected chi connectivity index (χ4v) is 2.62. The molecule has 1 aromatic rings. The van der Waals surface area contributed by atoms with Crippen LogP contribution in [-0.4, -0.2) is 42.5 Å². The van der Waals surface area contributed by atoms with Crippen LogP contribution in [0, 0.1) is 11.3 Å². The molecule has 0 saturated heterocycles. The third kappa shape index (κ3) is 4.78. The maximum absolute atomic E-state index is 12.1. The first-order valence-corrected chi connectivity index (χ1v) is 7.89. The van der Waals surface area contributed by atoms with E-state index < -0.39 is 0 Å². The lowest BCUT2D eigenvalue weighted by Crippen LogP contribution is -2.40. The highest BCUT2D eigenvalue weighted by atomic mass is 32.2. The molecular weight excluding hydrogens is 272 g/mol. The number of hydrogen-bond donors (Lipinski definition) is 0. The largest absolute Gasteiger partial charge is 0.484 e. The van der Waals surface area contributed by atoms with Gasteiger partial charge in [-0.05, 0) is 36.9 Å². The van der Waals surface area contributed by atoms with E-state index in [4.69, 9.17) is 10.00 Å². The Hall–Kier alpha value is -1.67. The molecule has 0 spiro atoms. The number of thioether (sulfide) groups is 1. The van der Waals surface area contributed by atoms with Crippen LogP contribution < -0.4 is 4.74 Å². The standard InChI is InChI=1S/C15H20N2O2S/c1-4-13(11-20-3)17(2)15(18)10-19-14-7-5-12(9-16)6-8-14/h5-8,13H,4,10-11H2,1-3H3. The summed E-state index contributed by atoms with van der Waals surface area (Å²) in [6, 6.07) is 9.02. The lowest BCUT2D eigenvalue weighted by atomic mass is 10.2. The number of benzene rings is 1.